The van der Waals surface area contributed by atoms with E-state index >= 15 is 0 Å². The minimum atomic E-state index is 0.504. The van der Waals surface area contributed by atoms with Gasteiger partial charge in [0.15, 0.2) is 5.82 Å². The van der Waals surface area contributed by atoms with Crippen molar-refractivity contribution in [1.82, 2.24) is 14.9 Å². The molecule has 3 aromatic rings. The third-order valence-electron chi connectivity index (χ3n) is 3.04. The summed E-state index contributed by atoms with van der Waals surface area (Å²) in [5.41, 5.74) is 5.11. The Morgan fingerprint density at radius 2 is 1.81 bits per heavy atom. The Hall–Kier alpha value is -2.60. The normalized spacial score (nSPS) is 10.3. The lowest BCUT2D eigenvalue weighted by atomic mass is 10.2. The third-order valence-corrected chi connectivity index (χ3v) is 3.31. The van der Waals surface area contributed by atoms with Gasteiger partial charge in [-0.05, 0) is 48.6 Å². The van der Waals surface area contributed by atoms with Crippen LogP contribution in [0.3, 0.4) is 0 Å². The first-order valence-electron chi connectivity index (χ1n) is 6.42. The van der Waals surface area contributed by atoms with Crippen LogP contribution < -0.4 is 10.2 Å². The van der Waals surface area contributed by atoms with Gasteiger partial charge in [0.05, 0.1) is 12.8 Å². The van der Waals surface area contributed by atoms with Crippen LogP contribution in [0.25, 0.3) is 11.4 Å². The Morgan fingerprint density at radius 3 is 2.48 bits per heavy atom. The highest BCUT2D eigenvalue weighted by Crippen LogP contribution is 2.21. The minimum Gasteiger partial charge on any atom is -0.497 e. The van der Waals surface area contributed by atoms with Crippen molar-refractivity contribution in [2.45, 2.75) is 0 Å². The molecule has 0 spiro atoms. The largest absolute Gasteiger partial charge is 0.497 e. The van der Waals surface area contributed by atoms with E-state index < -0.39 is 0 Å². The van der Waals surface area contributed by atoms with Gasteiger partial charge in [-0.3, -0.25) is 5.43 Å². The maximum atomic E-state index is 5.28. The molecule has 0 bridgehead atoms. The number of ether oxygens (including phenoxy) is 1. The topological polar surface area (TPSA) is 54.9 Å². The summed E-state index contributed by atoms with van der Waals surface area (Å²) in [4.78, 5) is 0. The summed E-state index contributed by atoms with van der Waals surface area (Å²) in [5, 5.41) is 7.09. The molecule has 0 saturated carbocycles. The maximum absolute atomic E-state index is 5.28. The van der Waals surface area contributed by atoms with Gasteiger partial charge in [-0.1, -0.05) is 18.2 Å². The first kappa shape index (κ1) is 13.4. The highest BCUT2D eigenvalue weighted by atomic mass is 32.1. The lowest BCUT2D eigenvalue weighted by molar-refractivity contribution is 0.415. The molecule has 0 amide bonds. The molecule has 21 heavy (non-hydrogen) atoms. The second-order valence-electron chi connectivity index (χ2n) is 4.39. The molecule has 6 heteroatoms. The second kappa shape index (κ2) is 5.80. The number of benzene rings is 2. The molecule has 2 N–H and O–H groups in total. The van der Waals surface area contributed by atoms with Crippen LogP contribution in [0.1, 0.15) is 0 Å². The molecule has 106 valence electrons. The molecule has 5 nitrogen and oxygen atoms in total. The zero-order chi connectivity index (χ0) is 14.7. The number of aromatic nitrogens is 3. The molecule has 0 fully saturated rings. The average molecular weight is 298 g/mol. The van der Waals surface area contributed by atoms with Crippen molar-refractivity contribution in [1.29, 1.82) is 0 Å². The SMILES string of the molecule is COc1ccc(-c2n[nH]c(=S)n2Nc2ccccc2)cc1. The summed E-state index contributed by atoms with van der Waals surface area (Å²) < 4.78 is 7.41. The molecule has 1 aromatic heterocycles. The molecule has 0 unspecified atom stereocenters. The summed E-state index contributed by atoms with van der Waals surface area (Å²) in [7, 11) is 1.64. The summed E-state index contributed by atoms with van der Waals surface area (Å²) in [6.45, 7) is 0. The Bertz CT molecular complexity index is 777. The molecular formula is C15H14N4OS. The number of rotatable bonds is 4. The van der Waals surface area contributed by atoms with E-state index in [4.69, 9.17) is 17.0 Å². The summed E-state index contributed by atoms with van der Waals surface area (Å²) in [6.07, 6.45) is 0. The number of methoxy groups -OCH3 is 1. The van der Waals surface area contributed by atoms with E-state index in [2.05, 4.69) is 15.6 Å². The van der Waals surface area contributed by atoms with Crippen LogP contribution in [-0.2, 0) is 0 Å². The Balaban J connectivity index is 1.98. The molecule has 0 saturated heterocycles. The lowest BCUT2D eigenvalue weighted by Gasteiger charge is -2.10. The van der Waals surface area contributed by atoms with Gasteiger partial charge in [0.1, 0.15) is 5.75 Å². The van der Waals surface area contributed by atoms with Gasteiger partial charge in [-0.25, -0.2) is 9.77 Å². The molecular weight excluding hydrogens is 284 g/mol. The number of anilines is 1. The van der Waals surface area contributed by atoms with E-state index in [1.165, 1.54) is 0 Å². The van der Waals surface area contributed by atoms with Crippen molar-refractivity contribution < 1.29 is 4.74 Å². The smallest absolute Gasteiger partial charge is 0.214 e. The third kappa shape index (κ3) is 2.80. The van der Waals surface area contributed by atoms with Crippen LogP contribution in [0.4, 0.5) is 5.69 Å². The van der Waals surface area contributed by atoms with E-state index in [1.807, 2.05) is 54.6 Å². The van der Waals surface area contributed by atoms with Gasteiger partial charge in [-0.15, -0.1) is 0 Å². The number of nitrogens with one attached hydrogen (secondary N) is 2. The summed E-state index contributed by atoms with van der Waals surface area (Å²) >= 11 is 5.28. The van der Waals surface area contributed by atoms with E-state index in [0.717, 1.165) is 17.0 Å². The summed E-state index contributed by atoms with van der Waals surface area (Å²) in [6, 6.07) is 17.5. The molecule has 0 atom stereocenters. The van der Waals surface area contributed by atoms with Crippen molar-refractivity contribution >= 4 is 17.9 Å². The lowest BCUT2D eigenvalue weighted by Crippen LogP contribution is -2.10. The standard InChI is InChI=1S/C15H14N4OS/c1-20-13-9-7-11(8-10-13)14-16-17-15(21)19(14)18-12-5-3-2-4-6-12/h2-10,18H,1H3,(H,17,21). The Morgan fingerprint density at radius 1 is 1.10 bits per heavy atom. The fourth-order valence-corrected chi connectivity index (χ4v) is 2.15. The first-order valence-corrected chi connectivity index (χ1v) is 6.82. The van der Waals surface area contributed by atoms with Crippen LogP contribution >= 0.6 is 12.2 Å². The monoisotopic (exact) mass is 298 g/mol. The number of nitrogens with zero attached hydrogens (tertiary/aromatic N) is 2. The Labute approximate surface area is 127 Å². The van der Waals surface area contributed by atoms with Gasteiger partial charge in [0, 0.05) is 5.56 Å². The van der Waals surface area contributed by atoms with Crippen molar-refractivity contribution in [2.75, 3.05) is 12.5 Å². The van der Waals surface area contributed by atoms with Crippen molar-refractivity contribution in [3.63, 3.8) is 0 Å². The van der Waals surface area contributed by atoms with Crippen LogP contribution in [0.15, 0.2) is 54.6 Å². The molecule has 3 rings (SSSR count). The highest BCUT2D eigenvalue weighted by Gasteiger charge is 2.09. The fourth-order valence-electron chi connectivity index (χ4n) is 1.98. The van der Waals surface area contributed by atoms with Crippen LogP contribution in [0, 0.1) is 4.77 Å². The zero-order valence-electron chi connectivity index (χ0n) is 11.4. The molecule has 0 aliphatic heterocycles. The van der Waals surface area contributed by atoms with Gasteiger partial charge in [0.25, 0.3) is 0 Å². The fraction of sp³-hybridized carbons (Fsp3) is 0.0667. The van der Waals surface area contributed by atoms with Crippen molar-refractivity contribution in [3.8, 4) is 17.1 Å². The second-order valence-corrected chi connectivity index (χ2v) is 4.78. The number of hydrogen-bond donors (Lipinski definition) is 2. The minimum absolute atomic E-state index is 0.504. The maximum Gasteiger partial charge on any atom is 0.214 e. The summed E-state index contributed by atoms with van der Waals surface area (Å²) in [5.74, 6) is 1.52. The molecule has 0 aliphatic carbocycles. The van der Waals surface area contributed by atoms with E-state index in [-0.39, 0.29) is 0 Å². The number of aromatic amines is 1. The highest BCUT2D eigenvalue weighted by molar-refractivity contribution is 7.71. The van der Waals surface area contributed by atoms with Gasteiger partial charge in [-0.2, -0.15) is 5.10 Å². The zero-order valence-corrected chi connectivity index (χ0v) is 12.2. The van der Waals surface area contributed by atoms with E-state index in [0.29, 0.717) is 10.6 Å². The van der Waals surface area contributed by atoms with Gasteiger partial charge < -0.3 is 4.74 Å². The quantitative estimate of drug-likeness (QED) is 0.724. The van der Waals surface area contributed by atoms with Crippen molar-refractivity contribution in [2.24, 2.45) is 0 Å². The van der Waals surface area contributed by atoms with Crippen molar-refractivity contribution in [3.05, 3.63) is 59.4 Å². The molecule has 2 aromatic carbocycles. The van der Waals surface area contributed by atoms with Gasteiger partial charge >= 0.3 is 0 Å². The Kier molecular flexibility index (Phi) is 3.70. The average Bonchev–Trinajstić information content (AvgIpc) is 2.90. The van der Waals surface area contributed by atoms with Crippen LogP contribution in [-0.4, -0.2) is 22.0 Å². The van der Waals surface area contributed by atoms with Crippen LogP contribution in [0.5, 0.6) is 5.75 Å². The predicted molar refractivity (Wildman–Crippen MR) is 84.9 cm³/mol. The molecule has 0 aliphatic rings. The number of para-hydroxylation sites is 1. The van der Waals surface area contributed by atoms with E-state index in [1.54, 1.807) is 11.8 Å². The number of hydrogen-bond acceptors (Lipinski definition) is 4. The molecule has 1 heterocycles. The molecule has 0 radical (unpaired) electrons. The number of H-pyrrole nitrogens is 1. The first-order chi connectivity index (χ1) is 10.3. The van der Waals surface area contributed by atoms with E-state index in [9.17, 15) is 0 Å². The van der Waals surface area contributed by atoms with Crippen LogP contribution in [0.2, 0.25) is 0 Å². The predicted octanol–water partition coefficient (Wildman–Crippen LogP) is 3.49. The van der Waals surface area contributed by atoms with Gasteiger partial charge in [0.2, 0.25) is 4.77 Å².